The summed E-state index contributed by atoms with van der Waals surface area (Å²) in [4.78, 5) is 0. The third-order valence-electron chi connectivity index (χ3n) is 2.20. The van der Waals surface area contributed by atoms with Crippen molar-refractivity contribution in [3.05, 3.63) is 10.7 Å². The van der Waals surface area contributed by atoms with Gasteiger partial charge >= 0.3 is 0 Å². The van der Waals surface area contributed by atoms with Crippen LogP contribution in [0.1, 0.15) is 12.8 Å². The highest BCUT2D eigenvalue weighted by molar-refractivity contribution is 8.02. The van der Waals surface area contributed by atoms with Crippen LogP contribution in [0.15, 0.2) is 10.3 Å². The van der Waals surface area contributed by atoms with Crippen LogP contribution >= 0.6 is 32.4 Å². The van der Waals surface area contributed by atoms with Gasteiger partial charge in [0.2, 0.25) is 0 Å². The van der Waals surface area contributed by atoms with E-state index in [-0.39, 0.29) is 30.6 Å². The van der Waals surface area contributed by atoms with E-state index < -0.39 is 0 Å². The van der Waals surface area contributed by atoms with Gasteiger partial charge in [0, 0.05) is 24.7 Å². The van der Waals surface area contributed by atoms with Gasteiger partial charge in [0.15, 0.2) is 0 Å². The molecule has 86 valence electrons. The molecule has 0 atom stereocenters. The van der Waals surface area contributed by atoms with Crippen molar-refractivity contribution < 1.29 is 29.1 Å². The molecule has 2 nitrogen and oxygen atoms in total. The molecular weight excluding hydrogens is 361 g/mol. The molecule has 1 aromatic rings. The van der Waals surface area contributed by atoms with E-state index in [4.69, 9.17) is 5.11 Å². The standard InChI is InChI=1S/C9H14NOS3.HI/c11-5-6-12-9-7-8(13-14-9)10-3-1-2-4-10;/h7,11H,1-6H2;1H/q+1;/p-1. The van der Waals surface area contributed by atoms with Gasteiger partial charge in [-0.25, -0.2) is 4.58 Å². The molecule has 1 aliphatic rings. The first-order valence-corrected chi connectivity index (χ1v) is 7.95. The first-order chi connectivity index (χ1) is 6.90. The van der Waals surface area contributed by atoms with Crippen molar-refractivity contribution in [1.82, 2.24) is 4.58 Å². The van der Waals surface area contributed by atoms with Crippen LogP contribution in [0.5, 0.6) is 0 Å². The lowest BCUT2D eigenvalue weighted by Crippen LogP contribution is -3.00. The summed E-state index contributed by atoms with van der Waals surface area (Å²) < 4.78 is 5.21. The third kappa shape index (κ3) is 3.99. The van der Waals surface area contributed by atoms with E-state index in [1.165, 1.54) is 34.8 Å². The lowest BCUT2D eigenvalue weighted by atomic mass is 10.4. The van der Waals surface area contributed by atoms with Crippen LogP contribution in [0.2, 0.25) is 0 Å². The topological polar surface area (TPSA) is 23.2 Å². The monoisotopic (exact) mass is 375 g/mol. The molecule has 0 amide bonds. The summed E-state index contributed by atoms with van der Waals surface area (Å²) in [6.45, 7) is 2.71. The Kier molecular flexibility index (Phi) is 6.75. The molecule has 0 aromatic carbocycles. The highest BCUT2D eigenvalue weighted by atomic mass is 127. The first kappa shape index (κ1) is 14.0. The van der Waals surface area contributed by atoms with Crippen molar-refractivity contribution in [1.29, 1.82) is 0 Å². The minimum absolute atomic E-state index is 0. The van der Waals surface area contributed by atoms with Crippen molar-refractivity contribution in [2.45, 2.75) is 17.1 Å². The molecule has 0 spiro atoms. The van der Waals surface area contributed by atoms with E-state index in [1.54, 1.807) is 11.8 Å². The average Bonchev–Trinajstić information content (AvgIpc) is 2.85. The number of thioether (sulfide) groups is 1. The summed E-state index contributed by atoms with van der Waals surface area (Å²) in [6, 6.07) is 2.26. The summed E-state index contributed by atoms with van der Waals surface area (Å²) in [6.07, 6.45) is 2.67. The Balaban J connectivity index is 0.00000112. The minimum Gasteiger partial charge on any atom is -1.00 e. The maximum Gasteiger partial charge on any atom is 0.268 e. The molecule has 1 fully saturated rings. The maximum absolute atomic E-state index is 8.72. The van der Waals surface area contributed by atoms with Gasteiger partial charge in [0.25, 0.3) is 4.67 Å². The van der Waals surface area contributed by atoms with Crippen molar-refractivity contribution in [3.63, 3.8) is 0 Å². The van der Waals surface area contributed by atoms with Crippen LogP contribution in [0.3, 0.4) is 0 Å². The number of halogens is 1. The molecule has 0 radical (unpaired) electrons. The quantitative estimate of drug-likeness (QED) is 0.300. The molecule has 1 N–H and O–H groups in total. The lowest BCUT2D eigenvalue weighted by molar-refractivity contribution is -0.00000380. The fraction of sp³-hybridized carbons (Fsp3) is 0.667. The second-order valence-electron chi connectivity index (χ2n) is 3.23. The summed E-state index contributed by atoms with van der Waals surface area (Å²) in [5.41, 5.74) is 0. The summed E-state index contributed by atoms with van der Waals surface area (Å²) in [5.74, 6) is 0.812. The lowest BCUT2D eigenvalue weighted by Gasteiger charge is -1.89. The fourth-order valence-electron chi connectivity index (χ4n) is 1.53. The average molecular weight is 375 g/mol. The molecule has 1 aliphatic heterocycles. The number of rotatable bonds is 3. The van der Waals surface area contributed by atoms with Crippen LogP contribution in [0.25, 0.3) is 0 Å². The molecule has 0 unspecified atom stereocenters. The number of nitrogens with zero attached hydrogens (tertiary/aromatic N) is 1. The van der Waals surface area contributed by atoms with Crippen LogP contribution in [-0.4, -0.2) is 30.6 Å². The van der Waals surface area contributed by atoms with E-state index in [0.717, 1.165) is 5.75 Å². The number of hydrogen-bond donors (Lipinski definition) is 1. The van der Waals surface area contributed by atoms with Crippen molar-refractivity contribution >= 4 is 32.4 Å². The van der Waals surface area contributed by atoms with Gasteiger partial charge < -0.3 is 29.1 Å². The van der Waals surface area contributed by atoms with Gasteiger partial charge in [-0.15, -0.1) is 11.8 Å². The van der Waals surface area contributed by atoms with E-state index in [0.29, 0.717) is 0 Å². The molecule has 6 heteroatoms. The molecule has 0 saturated carbocycles. The number of aliphatic hydroxyl groups is 1. The van der Waals surface area contributed by atoms with Gasteiger partial charge in [0.1, 0.15) is 13.1 Å². The van der Waals surface area contributed by atoms with Gasteiger partial charge in [-0.2, -0.15) is 0 Å². The Labute approximate surface area is 118 Å². The number of aliphatic hydroxyl groups excluding tert-OH is 1. The van der Waals surface area contributed by atoms with Gasteiger partial charge in [-0.05, 0) is 10.3 Å². The van der Waals surface area contributed by atoms with Crippen molar-refractivity contribution in [2.75, 3.05) is 25.4 Å². The van der Waals surface area contributed by atoms with Crippen LogP contribution in [0, 0.1) is 0 Å². The van der Waals surface area contributed by atoms with E-state index in [2.05, 4.69) is 10.6 Å². The second kappa shape index (κ2) is 7.26. The Bertz CT molecular complexity index is 352. The minimum atomic E-state index is 0. The molecule has 1 aromatic heterocycles. The largest absolute Gasteiger partial charge is 1.00 e. The van der Waals surface area contributed by atoms with Crippen LogP contribution < -0.4 is 33.2 Å². The molecule has 1 saturated heterocycles. The molecule has 0 bridgehead atoms. The molecule has 2 heterocycles. The Morgan fingerprint density at radius 3 is 2.73 bits per heavy atom. The molecular formula is C9H14INOS3. The Hall–Kier alpha value is 0.890. The fourth-order valence-corrected chi connectivity index (χ4v) is 5.23. The van der Waals surface area contributed by atoms with Crippen molar-refractivity contribution in [2.24, 2.45) is 0 Å². The maximum atomic E-state index is 8.72. The zero-order valence-corrected chi connectivity index (χ0v) is 12.9. The summed E-state index contributed by atoms with van der Waals surface area (Å²) >= 11 is 1.75. The smallest absolute Gasteiger partial charge is 0.268 e. The van der Waals surface area contributed by atoms with Crippen molar-refractivity contribution in [3.8, 4) is 0 Å². The van der Waals surface area contributed by atoms with E-state index in [9.17, 15) is 0 Å². The zero-order chi connectivity index (χ0) is 9.80. The molecule has 0 aliphatic carbocycles. The van der Waals surface area contributed by atoms with Gasteiger partial charge in [0.05, 0.1) is 10.8 Å². The van der Waals surface area contributed by atoms with E-state index >= 15 is 0 Å². The predicted octanol–water partition coefficient (Wildman–Crippen LogP) is -1.54. The third-order valence-corrected chi connectivity index (χ3v) is 6.13. The highest BCUT2D eigenvalue weighted by Crippen LogP contribution is 2.23. The van der Waals surface area contributed by atoms with Gasteiger partial charge in [-0.3, -0.25) is 0 Å². The second-order valence-corrected chi connectivity index (χ2v) is 6.82. The summed E-state index contributed by atoms with van der Waals surface area (Å²) in [5, 5.41) is 8.72. The molecule has 15 heavy (non-hydrogen) atoms. The molecule has 2 rings (SSSR count). The first-order valence-electron chi connectivity index (χ1n) is 4.82. The van der Waals surface area contributed by atoms with Crippen LogP contribution in [-0.2, 0) is 0 Å². The highest BCUT2D eigenvalue weighted by Gasteiger charge is 2.14. The zero-order valence-electron chi connectivity index (χ0n) is 8.32. The van der Waals surface area contributed by atoms with Crippen LogP contribution in [0.4, 0.5) is 0 Å². The summed E-state index contributed by atoms with van der Waals surface area (Å²) in [7, 11) is 3.69. The SMILES string of the molecule is OCCSc1cc(=[N+]2CCCC2)ss1.[I-]. The van der Waals surface area contributed by atoms with Gasteiger partial charge in [-0.1, -0.05) is 10.3 Å². The normalized spacial score (nSPS) is 15.4. The van der Waals surface area contributed by atoms with E-state index in [1.807, 2.05) is 20.7 Å². The Morgan fingerprint density at radius 2 is 2.07 bits per heavy atom. The Morgan fingerprint density at radius 1 is 1.33 bits per heavy atom. The number of hydrogen-bond acceptors (Lipinski definition) is 4. The predicted molar refractivity (Wildman–Crippen MR) is 64.2 cm³/mol.